The van der Waals surface area contributed by atoms with Crippen molar-refractivity contribution in [3.8, 4) is 0 Å². The average molecular weight is 180 g/mol. The lowest BCUT2D eigenvalue weighted by atomic mass is 10.1. The molecule has 4 nitrogen and oxygen atoms in total. The number of nitrogens with zero attached hydrogens (tertiary/aromatic N) is 1. The minimum absolute atomic E-state index is 0.0872. The lowest BCUT2D eigenvalue weighted by Crippen LogP contribution is -2.16. The first-order chi connectivity index (χ1) is 6.09. The fourth-order valence-electron chi connectivity index (χ4n) is 0.991. The van der Waals surface area contributed by atoms with E-state index < -0.39 is 12.0 Å². The van der Waals surface area contributed by atoms with E-state index in [0.29, 0.717) is 5.69 Å². The van der Waals surface area contributed by atoms with Gasteiger partial charge in [0.05, 0.1) is 18.2 Å². The van der Waals surface area contributed by atoms with Crippen LogP contribution in [0, 0.1) is 6.92 Å². The standard InChI is InChI=1S/C9H12N2O2/c1-6-2-3-8(11-5-6)7(10)4-9(12)13/h2-3,5,7H,4,10H2,1H3,(H,12,13)/t7-/m1/s1. The minimum Gasteiger partial charge on any atom is -0.481 e. The Hall–Kier alpha value is -1.42. The highest BCUT2D eigenvalue weighted by Crippen LogP contribution is 2.10. The zero-order valence-electron chi connectivity index (χ0n) is 7.40. The van der Waals surface area contributed by atoms with Crippen LogP contribution in [0.25, 0.3) is 0 Å². The molecule has 4 heteroatoms. The van der Waals surface area contributed by atoms with Gasteiger partial charge in [-0.1, -0.05) is 6.07 Å². The molecule has 1 aromatic heterocycles. The van der Waals surface area contributed by atoms with E-state index in [2.05, 4.69) is 4.98 Å². The van der Waals surface area contributed by atoms with E-state index in [0.717, 1.165) is 5.56 Å². The van der Waals surface area contributed by atoms with Crippen molar-refractivity contribution < 1.29 is 9.90 Å². The van der Waals surface area contributed by atoms with Gasteiger partial charge < -0.3 is 10.8 Å². The molecule has 1 atom stereocenters. The van der Waals surface area contributed by atoms with Crippen LogP contribution in [0.4, 0.5) is 0 Å². The normalized spacial score (nSPS) is 12.5. The molecule has 1 aromatic rings. The summed E-state index contributed by atoms with van der Waals surface area (Å²) in [7, 11) is 0. The number of aryl methyl sites for hydroxylation is 1. The Bertz CT molecular complexity index is 295. The van der Waals surface area contributed by atoms with Gasteiger partial charge in [0.15, 0.2) is 0 Å². The Labute approximate surface area is 76.4 Å². The molecule has 0 aliphatic heterocycles. The van der Waals surface area contributed by atoms with E-state index in [4.69, 9.17) is 10.8 Å². The number of hydrogen-bond acceptors (Lipinski definition) is 3. The number of aliphatic carboxylic acids is 1. The van der Waals surface area contributed by atoms with Crippen LogP contribution in [0.1, 0.15) is 23.7 Å². The van der Waals surface area contributed by atoms with E-state index >= 15 is 0 Å². The predicted molar refractivity (Wildman–Crippen MR) is 48.2 cm³/mol. The molecule has 0 saturated carbocycles. The first-order valence-corrected chi connectivity index (χ1v) is 3.99. The van der Waals surface area contributed by atoms with Gasteiger partial charge in [0.1, 0.15) is 0 Å². The van der Waals surface area contributed by atoms with Crippen LogP contribution in [-0.2, 0) is 4.79 Å². The summed E-state index contributed by atoms with van der Waals surface area (Å²) in [5.74, 6) is -0.908. The number of rotatable bonds is 3. The van der Waals surface area contributed by atoms with E-state index in [-0.39, 0.29) is 6.42 Å². The molecule has 1 rings (SSSR count). The smallest absolute Gasteiger partial charge is 0.305 e. The molecule has 0 bridgehead atoms. The molecule has 0 saturated heterocycles. The Morgan fingerprint density at radius 1 is 1.69 bits per heavy atom. The van der Waals surface area contributed by atoms with Crippen molar-refractivity contribution in [3.63, 3.8) is 0 Å². The molecule has 0 aliphatic rings. The largest absolute Gasteiger partial charge is 0.481 e. The highest BCUT2D eigenvalue weighted by Gasteiger charge is 2.10. The first-order valence-electron chi connectivity index (χ1n) is 3.99. The number of carboxylic acids is 1. The van der Waals surface area contributed by atoms with Crippen molar-refractivity contribution in [1.29, 1.82) is 0 Å². The molecule has 0 spiro atoms. The van der Waals surface area contributed by atoms with Gasteiger partial charge in [0.25, 0.3) is 0 Å². The summed E-state index contributed by atoms with van der Waals surface area (Å²) in [5.41, 5.74) is 7.25. The fraction of sp³-hybridized carbons (Fsp3) is 0.333. The molecule has 0 radical (unpaired) electrons. The van der Waals surface area contributed by atoms with Crippen LogP contribution in [0.2, 0.25) is 0 Å². The number of pyridine rings is 1. The molecular weight excluding hydrogens is 168 g/mol. The zero-order valence-corrected chi connectivity index (χ0v) is 7.40. The maximum absolute atomic E-state index is 10.3. The Morgan fingerprint density at radius 3 is 2.85 bits per heavy atom. The van der Waals surface area contributed by atoms with Crippen LogP contribution in [0.3, 0.4) is 0 Å². The number of carbonyl (C=O) groups is 1. The maximum Gasteiger partial charge on any atom is 0.305 e. The van der Waals surface area contributed by atoms with Crippen molar-refractivity contribution >= 4 is 5.97 Å². The number of aromatic nitrogens is 1. The second kappa shape index (κ2) is 4.00. The topological polar surface area (TPSA) is 76.2 Å². The van der Waals surface area contributed by atoms with Crippen molar-refractivity contribution in [2.75, 3.05) is 0 Å². The maximum atomic E-state index is 10.3. The van der Waals surface area contributed by atoms with Crippen LogP contribution < -0.4 is 5.73 Å². The van der Waals surface area contributed by atoms with E-state index in [1.165, 1.54) is 0 Å². The third kappa shape index (κ3) is 2.83. The molecule has 0 fully saturated rings. The molecule has 0 amide bonds. The third-order valence-electron chi connectivity index (χ3n) is 1.71. The summed E-state index contributed by atoms with van der Waals surface area (Å²) >= 11 is 0. The quantitative estimate of drug-likeness (QED) is 0.723. The van der Waals surface area contributed by atoms with Gasteiger partial charge in [-0.2, -0.15) is 0 Å². The zero-order chi connectivity index (χ0) is 9.84. The minimum atomic E-state index is -0.908. The molecule has 0 aliphatic carbocycles. The summed E-state index contributed by atoms with van der Waals surface area (Å²) in [6, 6.07) is 3.10. The van der Waals surface area contributed by atoms with Gasteiger partial charge in [-0.15, -0.1) is 0 Å². The van der Waals surface area contributed by atoms with Crippen LogP contribution >= 0.6 is 0 Å². The number of hydrogen-bond donors (Lipinski definition) is 2. The Morgan fingerprint density at radius 2 is 2.38 bits per heavy atom. The Balaban J connectivity index is 2.71. The van der Waals surface area contributed by atoms with Gasteiger partial charge in [-0.25, -0.2) is 0 Å². The van der Waals surface area contributed by atoms with Crippen molar-refractivity contribution in [2.45, 2.75) is 19.4 Å². The van der Waals surface area contributed by atoms with Gasteiger partial charge >= 0.3 is 5.97 Å². The summed E-state index contributed by atoms with van der Waals surface area (Å²) in [6.07, 6.45) is 1.59. The predicted octanol–water partition coefficient (Wildman–Crippen LogP) is 0.865. The number of nitrogens with two attached hydrogens (primary N) is 1. The molecule has 13 heavy (non-hydrogen) atoms. The second-order valence-corrected chi connectivity index (χ2v) is 2.96. The highest BCUT2D eigenvalue weighted by atomic mass is 16.4. The van der Waals surface area contributed by atoms with Gasteiger partial charge in [0, 0.05) is 6.20 Å². The molecule has 70 valence electrons. The van der Waals surface area contributed by atoms with Crippen molar-refractivity contribution in [1.82, 2.24) is 4.98 Å². The monoisotopic (exact) mass is 180 g/mol. The summed E-state index contributed by atoms with van der Waals surface area (Å²) in [5, 5.41) is 8.49. The SMILES string of the molecule is Cc1ccc([C@H](N)CC(=O)O)nc1. The molecule has 1 heterocycles. The molecule has 3 N–H and O–H groups in total. The van der Waals surface area contributed by atoms with E-state index in [9.17, 15) is 4.79 Å². The lowest BCUT2D eigenvalue weighted by molar-refractivity contribution is -0.137. The summed E-state index contributed by atoms with van der Waals surface area (Å²) < 4.78 is 0. The van der Waals surface area contributed by atoms with Gasteiger partial charge in [0.2, 0.25) is 0 Å². The third-order valence-corrected chi connectivity index (χ3v) is 1.71. The van der Waals surface area contributed by atoms with Crippen molar-refractivity contribution in [3.05, 3.63) is 29.6 Å². The molecular formula is C9H12N2O2. The number of carboxylic acid groups (broad SMARTS) is 1. The molecule has 0 aromatic carbocycles. The van der Waals surface area contributed by atoms with E-state index in [1.54, 1.807) is 12.3 Å². The van der Waals surface area contributed by atoms with Crippen LogP contribution in [0.5, 0.6) is 0 Å². The van der Waals surface area contributed by atoms with Crippen LogP contribution in [-0.4, -0.2) is 16.1 Å². The first kappa shape index (κ1) is 9.67. The molecule has 0 unspecified atom stereocenters. The Kier molecular flexibility index (Phi) is 2.97. The summed E-state index contributed by atoms with van der Waals surface area (Å²) in [4.78, 5) is 14.4. The van der Waals surface area contributed by atoms with Gasteiger partial charge in [-0.3, -0.25) is 9.78 Å². The summed E-state index contributed by atoms with van der Waals surface area (Å²) in [6.45, 7) is 1.92. The van der Waals surface area contributed by atoms with E-state index in [1.807, 2.05) is 13.0 Å². The highest BCUT2D eigenvalue weighted by molar-refractivity contribution is 5.67. The second-order valence-electron chi connectivity index (χ2n) is 2.96. The average Bonchev–Trinajstić information content (AvgIpc) is 2.04. The van der Waals surface area contributed by atoms with Crippen LogP contribution in [0.15, 0.2) is 18.3 Å². The fourth-order valence-corrected chi connectivity index (χ4v) is 0.991. The van der Waals surface area contributed by atoms with Crippen molar-refractivity contribution in [2.24, 2.45) is 5.73 Å². The van der Waals surface area contributed by atoms with Gasteiger partial charge in [-0.05, 0) is 18.6 Å². The lowest BCUT2D eigenvalue weighted by Gasteiger charge is -2.07.